The Bertz CT molecular complexity index is 267. The monoisotopic (exact) mass is 197 g/mol. The Hall–Kier alpha value is -1.59. The third-order valence-corrected chi connectivity index (χ3v) is 1.97. The minimum absolute atomic E-state index is 0.206. The standard InChI is InChI=1S/C8H15N5O/c1-3-6(4-2)11-8(14)12-7-9-5-10-13-7/h5-6H,3-4H2,1-2H3,(H3,9,10,11,12,13,14). The second kappa shape index (κ2) is 5.21. The molecule has 0 fully saturated rings. The quantitative estimate of drug-likeness (QED) is 0.676. The third-order valence-electron chi connectivity index (χ3n) is 1.97. The van der Waals surface area contributed by atoms with Gasteiger partial charge in [0.15, 0.2) is 0 Å². The molecule has 0 atom stereocenters. The Morgan fingerprint density at radius 3 is 2.79 bits per heavy atom. The van der Waals surface area contributed by atoms with Crippen molar-refractivity contribution in [3.05, 3.63) is 6.33 Å². The van der Waals surface area contributed by atoms with Crippen molar-refractivity contribution in [2.75, 3.05) is 5.32 Å². The van der Waals surface area contributed by atoms with Crippen molar-refractivity contribution in [3.8, 4) is 0 Å². The average Bonchev–Trinajstić information content (AvgIpc) is 2.66. The summed E-state index contributed by atoms with van der Waals surface area (Å²) in [5.41, 5.74) is 0. The highest BCUT2D eigenvalue weighted by molar-refractivity contribution is 5.87. The average molecular weight is 197 g/mol. The van der Waals surface area contributed by atoms with Crippen LogP contribution < -0.4 is 10.6 Å². The van der Waals surface area contributed by atoms with Gasteiger partial charge >= 0.3 is 6.03 Å². The van der Waals surface area contributed by atoms with Crippen LogP contribution >= 0.6 is 0 Å². The second-order valence-electron chi connectivity index (χ2n) is 2.95. The number of aromatic amines is 1. The predicted octanol–water partition coefficient (Wildman–Crippen LogP) is 1.11. The van der Waals surface area contributed by atoms with Crippen molar-refractivity contribution in [1.29, 1.82) is 0 Å². The second-order valence-corrected chi connectivity index (χ2v) is 2.95. The van der Waals surface area contributed by atoms with E-state index in [0.717, 1.165) is 12.8 Å². The number of hydrogen-bond acceptors (Lipinski definition) is 3. The maximum absolute atomic E-state index is 11.3. The van der Waals surface area contributed by atoms with Gasteiger partial charge in [0.1, 0.15) is 6.33 Å². The number of nitrogens with zero attached hydrogens (tertiary/aromatic N) is 2. The number of aromatic nitrogens is 3. The molecule has 0 radical (unpaired) electrons. The molecule has 0 bridgehead atoms. The Morgan fingerprint density at radius 2 is 2.29 bits per heavy atom. The van der Waals surface area contributed by atoms with E-state index in [1.807, 2.05) is 13.8 Å². The Labute approximate surface area is 82.5 Å². The van der Waals surface area contributed by atoms with Crippen molar-refractivity contribution in [2.45, 2.75) is 32.7 Å². The van der Waals surface area contributed by atoms with Gasteiger partial charge in [-0.15, -0.1) is 0 Å². The normalized spacial score (nSPS) is 10.2. The number of H-pyrrole nitrogens is 1. The van der Waals surface area contributed by atoms with E-state index in [1.54, 1.807) is 0 Å². The number of urea groups is 1. The number of carbonyl (C=O) groups excluding carboxylic acids is 1. The minimum Gasteiger partial charge on any atom is -0.335 e. The van der Waals surface area contributed by atoms with E-state index in [2.05, 4.69) is 25.8 Å². The molecule has 0 saturated carbocycles. The largest absolute Gasteiger partial charge is 0.335 e. The lowest BCUT2D eigenvalue weighted by atomic mass is 10.2. The van der Waals surface area contributed by atoms with E-state index < -0.39 is 0 Å². The number of hydrogen-bond donors (Lipinski definition) is 3. The van der Waals surface area contributed by atoms with E-state index in [-0.39, 0.29) is 12.1 Å². The van der Waals surface area contributed by atoms with E-state index in [0.29, 0.717) is 5.95 Å². The van der Waals surface area contributed by atoms with E-state index in [9.17, 15) is 4.79 Å². The summed E-state index contributed by atoms with van der Waals surface area (Å²) in [5, 5.41) is 11.5. The molecular weight excluding hydrogens is 182 g/mol. The van der Waals surface area contributed by atoms with Gasteiger partial charge in [-0.3, -0.25) is 5.32 Å². The fourth-order valence-corrected chi connectivity index (χ4v) is 1.09. The lowest BCUT2D eigenvalue weighted by molar-refractivity contribution is 0.247. The molecule has 3 N–H and O–H groups in total. The van der Waals surface area contributed by atoms with Gasteiger partial charge in [-0.05, 0) is 12.8 Å². The molecule has 1 heterocycles. The molecule has 0 saturated heterocycles. The van der Waals surface area contributed by atoms with Gasteiger partial charge in [0.2, 0.25) is 5.95 Å². The zero-order valence-electron chi connectivity index (χ0n) is 8.37. The first kappa shape index (κ1) is 10.5. The molecule has 0 aliphatic carbocycles. The fourth-order valence-electron chi connectivity index (χ4n) is 1.09. The Kier molecular flexibility index (Phi) is 3.90. The molecule has 0 aliphatic heterocycles. The zero-order valence-corrected chi connectivity index (χ0v) is 8.37. The summed E-state index contributed by atoms with van der Waals surface area (Å²) in [6, 6.07) is -0.0478. The topological polar surface area (TPSA) is 82.7 Å². The number of anilines is 1. The molecule has 14 heavy (non-hydrogen) atoms. The predicted molar refractivity (Wildman–Crippen MR) is 52.9 cm³/mol. The van der Waals surface area contributed by atoms with Crippen molar-refractivity contribution in [2.24, 2.45) is 0 Å². The van der Waals surface area contributed by atoms with Crippen LogP contribution in [0.25, 0.3) is 0 Å². The molecule has 78 valence electrons. The van der Waals surface area contributed by atoms with Crippen molar-refractivity contribution < 1.29 is 4.79 Å². The van der Waals surface area contributed by atoms with Crippen molar-refractivity contribution >= 4 is 12.0 Å². The molecule has 1 rings (SSSR count). The highest BCUT2D eigenvalue weighted by Crippen LogP contribution is 1.97. The van der Waals surface area contributed by atoms with Gasteiger partial charge in [-0.2, -0.15) is 10.1 Å². The molecule has 0 spiro atoms. The zero-order chi connectivity index (χ0) is 10.4. The molecule has 0 aliphatic rings. The summed E-state index contributed by atoms with van der Waals surface area (Å²) in [6.07, 6.45) is 3.17. The Morgan fingerprint density at radius 1 is 1.57 bits per heavy atom. The molecule has 1 aromatic rings. The van der Waals surface area contributed by atoms with Gasteiger partial charge in [0.25, 0.3) is 0 Å². The maximum Gasteiger partial charge on any atom is 0.321 e. The number of rotatable bonds is 4. The summed E-state index contributed by atoms with van der Waals surface area (Å²) < 4.78 is 0. The molecule has 6 nitrogen and oxygen atoms in total. The molecule has 2 amide bonds. The van der Waals surface area contributed by atoms with Crippen LogP contribution in [0.1, 0.15) is 26.7 Å². The van der Waals surface area contributed by atoms with Crippen LogP contribution in [-0.2, 0) is 0 Å². The number of carbonyl (C=O) groups is 1. The van der Waals surface area contributed by atoms with Gasteiger partial charge in [-0.25, -0.2) is 9.89 Å². The first-order chi connectivity index (χ1) is 6.76. The van der Waals surface area contributed by atoms with Crippen LogP contribution in [-0.4, -0.2) is 27.3 Å². The summed E-state index contributed by atoms with van der Waals surface area (Å²) in [7, 11) is 0. The van der Waals surface area contributed by atoms with Gasteiger partial charge < -0.3 is 5.32 Å². The van der Waals surface area contributed by atoms with Crippen LogP contribution in [0.5, 0.6) is 0 Å². The number of amides is 2. The minimum atomic E-state index is -0.254. The SMILES string of the molecule is CCC(CC)NC(=O)Nc1ncn[nH]1. The molecule has 1 aromatic heterocycles. The fraction of sp³-hybridized carbons (Fsp3) is 0.625. The van der Waals surface area contributed by atoms with Crippen molar-refractivity contribution in [1.82, 2.24) is 20.5 Å². The molecule has 0 unspecified atom stereocenters. The summed E-state index contributed by atoms with van der Waals surface area (Å²) in [5.74, 6) is 0.355. The molecule has 6 heteroatoms. The van der Waals surface area contributed by atoms with Crippen LogP contribution in [0, 0.1) is 0 Å². The smallest absolute Gasteiger partial charge is 0.321 e. The molecule has 0 aromatic carbocycles. The lowest BCUT2D eigenvalue weighted by Gasteiger charge is -2.14. The van der Waals surface area contributed by atoms with E-state index in [4.69, 9.17) is 0 Å². The van der Waals surface area contributed by atoms with E-state index >= 15 is 0 Å². The van der Waals surface area contributed by atoms with Crippen LogP contribution in [0.2, 0.25) is 0 Å². The van der Waals surface area contributed by atoms with E-state index in [1.165, 1.54) is 6.33 Å². The van der Waals surface area contributed by atoms with Gasteiger partial charge in [0.05, 0.1) is 0 Å². The lowest BCUT2D eigenvalue weighted by Crippen LogP contribution is -2.37. The van der Waals surface area contributed by atoms with Gasteiger partial charge in [0, 0.05) is 6.04 Å². The summed E-state index contributed by atoms with van der Waals surface area (Å²) >= 11 is 0. The highest BCUT2D eigenvalue weighted by Gasteiger charge is 2.08. The highest BCUT2D eigenvalue weighted by atomic mass is 16.2. The van der Waals surface area contributed by atoms with Crippen LogP contribution in [0.4, 0.5) is 10.7 Å². The first-order valence-electron chi connectivity index (χ1n) is 4.69. The molecular formula is C8H15N5O. The van der Waals surface area contributed by atoms with Crippen molar-refractivity contribution in [3.63, 3.8) is 0 Å². The summed E-state index contributed by atoms with van der Waals surface area (Å²) in [6.45, 7) is 4.06. The van der Waals surface area contributed by atoms with Crippen LogP contribution in [0.3, 0.4) is 0 Å². The van der Waals surface area contributed by atoms with Crippen LogP contribution in [0.15, 0.2) is 6.33 Å². The maximum atomic E-state index is 11.3. The number of nitrogens with one attached hydrogen (secondary N) is 3. The third kappa shape index (κ3) is 3.04. The Balaban J connectivity index is 2.35. The summed E-state index contributed by atoms with van der Waals surface area (Å²) in [4.78, 5) is 15.1. The first-order valence-corrected chi connectivity index (χ1v) is 4.69. The van der Waals surface area contributed by atoms with Gasteiger partial charge in [-0.1, -0.05) is 13.8 Å².